The highest BCUT2D eigenvalue weighted by molar-refractivity contribution is 6.09. The van der Waals surface area contributed by atoms with E-state index in [-0.39, 0.29) is 47.2 Å². The average Bonchev–Trinajstić information content (AvgIpc) is 3.19. The summed E-state index contributed by atoms with van der Waals surface area (Å²) in [6.45, 7) is 12.9. The number of ketones is 1. The van der Waals surface area contributed by atoms with E-state index >= 15 is 0 Å². The van der Waals surface area contributed by atoms with Crippen molar-refractivity contribution >= 4 is 40.7 Å². The van der Waals surface area contributed by atoms with Crippen molar-refractivity contribution in [2.24, 2.45) is 63.2 Å². The number of hydrogen-bond donors (Lipinski definition) is 8. The fourth-order valence-corrected chi connectivity index (χ4v) is 12.2. The van der Waals surface area contributed by atoms with Crippen LogP contribution in [-0.4, -0.2) is 76.1 Å². The van der Waals surface area contributed by atoms with Gasteiger partial charge >= 0.3 is 0 Å². The summed E-state index contributed by atoms with van der Waals surface area (Å²) in [5.41, 5.74) is 3.97. The second-order valence-corrected chi connectivity index (χ2v) is 19.3. The van der Waals surface area contributed by atoms with Crippen LogP contribution in [0.15, 0.2) is 20.8 Å². The molecule has 0 saturated carbocycles. The van der Waals surface area contributed by atoms with Gasteiger partial charge in [-0.3, -0.25) is 14.6 Å². The van der Waals surface area contributed by atoms with E-state index in [1.165, 1.54) is 12.8 Å². The van der Waals surface area contributed by atoms with Crippen molar-refractivity contribution in [3.63, 3.8) is 0 Å². The number of carbonyl (C=O) groups excluding carboxylic acids is 1. The van der Waals surface area contributed by atoms with E-state index in [4.69, 9.17) is 15.0 Å². The molecule has 12 unspecified atom stereocenters. The van der Waals surface area contributed by atoms with E-state index in [1.54, 1.807) is 0 Å². The van der Waals surface area contributed by atoms with E-state index in [2.05, 4.69) is 77.6 Å². The Morgan fingerprint density at radius 3 is 2.51 bits per heavy atom. The maximum Gasteiger partial charge on any atom is 0.192 e. The largest absolute Gasteiger partial charge is 0.392 e. The van der Waals surface area contributed by atoms with Gasteiger partial charge in [0.1, 0.15) is 53.2 Å². The van der Waals surface area contributed by atoms with Gasteiger partial charge in [0.2, 0.25) is 0 Å². The molecule has 2 aromatic rings. The molecule has 14 atom stereocenters. The SMILES string of the molecule is CCC1CC(CC(C)CC2CN=C3NC4NC5=NC6Nc7nc8c(cc7CC6CC5CC4C(=O)C3C2O)Cc2c([nH]c3c(c2=O)CC(CC)[C@@H](C)N3)N8)CN[C@H]1C. The van der Waals surface area contributed by atoms with Crippen LogP contribution in [0.25, 0.3) is 0 Å². The molecule has 13 heteroatoms. The number of piperidine rings is 3. The van der Waals surface area contributed by atoms with E-state index in [0.29, 0.717) is 55.1 Å². The number of anilines is 4. The number of hydrogen-bond acceptors (Lipinski definition) is 12. The fraction of sp³-hybridized carbons (Fsp3) is 0.705. The summed E-state index contributed by atoms with van der Waals surface area (Å²) in [6.07, 6.45) is 8.23. The van der Waals surface area contributed by atoms with Gasteiger partial charge in [-0.2, -0.15) is 0 Å². The highest BCUT2D eigenvalue weighted by Gasteiger charge is 2.53. The Kier molecular flexibility index (Phi) is 9.42. The minimum absolute atomic E-state index is 0.00743. The van der Waals surface area contributed by atoms with Crippen LogP contribution >= 0.6 is 0 Å². The lowest BCUT2D eigenvalue weighted by Crippen LogP contribution is -2.69. The maximum atomic E-state index is 14.3. The first-order valence-electron chi connectivity index (χ1n) is 22.3. The van der Waals surface area contributed by atoms with Crippen molar-refractivity contribution in [2.75, 3.05) is 29.0 Å². The molecule has 57 heavy (non-hydrogen) atoms. The third-order valence-corrected chi connectivity index (χ3v) is 15.6. The second-order valence-electron chi connectivity index (χ2n) is 19.3. The molecule has 3 saturated heterocycles. The lowest BCUT2D eigenvalue weighted by atomic mass is 9.69. The van der Waals surface area contributed by atoms with E-state index in [0.717, 1.165) is 102 Å². The molecule has 10 rings (SSSR count). The van der Waals surface area contributed by atoms with E-state index in [9.17, 15) is 14.7 Å². The molecule has 8 aliphatic rings. The molecule has 0 aromatic carbocycles. The summed E-state index contributed by atoms with van der Waals surface area (Å²) in [4.78, 5) is 46.9. The zero-order valence-electron chi connectivity index (χ0n) is 34.3. The highest BCUT2D eigenvalue weighted by Crippen LogP contribution is 2.44. The number of aromatic nitrogens is 2. The van der Waals surface area contributed by atoms with E-state index in [1.807, 2.05) is 0 Å². The van der Waals surface area contributed by atoms with Gasteiger partial charge in [0.15, 0.2) is 11.2 Å². The number of pyridine rings is 2. The number of fused-ring (bicyclic) bond motifs is 8. The summed E-state index contributed by atoms with van der Waals surface area (Å²) >= 11 is 0. The Hall–Kier alpha value is -3.97. The molecule has 13 nitrogen and oxygen atoms in total. The maximum absolute atomic E-state index is 14.3. The Morgan fingerprint density at radius 1 is 0.860 bits per heavy atom. The molecular weight excluding hydrogens is 717 g/mol. The minimum Gasteiger partial charge on any atom is -0.392 e. The second kappa shape index (κ2) is 14.4. The molecule has 0 spiro atoms. The lowest BCUT2D eigenvalue weighted by Gasteiger charge is -2.49. The van der Waals surface area contributed by atoms with Crippen molar-refractivity contribution in [3.05, 3.63) is 38.5 Å². The number of Topliss-reactive ketones (excluding diaryl/α,β-unsaturated/α-hetero) is 1. The van der Waals surface area contributed by atoms with Gasteiger partial charge in [-0.1, -0.05) is 33.6 Å². The fourth-order valence-electron chi connectivity index (χ4n) is 12.2. The van der Waals surface area contributed by atoms with Crippen LogP contribution in [-0.2, 0) is 24.1 Å². The molecule has 10 heterocycles. The first-order chi connectivity index (χ1) is 27.5. The third-order valence-electron chi connectivity index (χ3n) is 15.6. The zero-order valence-corrected chi connectivity index (χ0v) is 34.3. The number of rotatable bonds is 6. The number of aliphatic imine (C=N–C) groups is 2. The van der Waals surface area contributed by atoms with Gasteiger partial charge in [-0.25, -0.2) is 9.98 Å². The first-order valence-corrected chi connectivity index (χ1v) is 22.3. The first kappa shape index (κ1) is 37.3. The number of amidine groups is 2. The summed E-state index contributed by atoms with van der Waals surface area (Å²) in [7, 11) is 0. The van der Waals surface area contributed by atoms with Crippen molar-refractivity contribution in [1.29, 1.82) is 0 Å². The Morgan fingerprint density at radius 2 is 1.68 bits per heavy atom. The highest BCUT2D eigenvalue weighted by atomic mass is 16.3. The van der Waals surface area contributed by atoms with Gasteiger partial charge in [0, 0.05) is 53.9 Å². The smallest absolute Gasteiger partial charge is 0.192 e. The topological polar surface area (TPSA) is 180 Å². The molecular formula is C44H62N10O3. The number of nitrogens with zero attached hydrogens (tertiary/aromatic N) is 3. The quantitative estimate of drug-likeness (QED) is 0.175. The Labute approximate surface area is 335 Å². The molecule has 8 N–H and O–H groups in total. The standard InChI is InChI=1S/C44H62N10O3/c1-6-23-10-22(17-45-20(23)4)8-19(3)9-29-18-46-44-33(34(29)55)36(57)32-16-28-13-26-11-25-12-27-15-31-35(56)30-14-24(7-2)21(5)47-41(30)53-42(31)51-39(27)49-37(25)48-38(26)50-40(28)52-43(32)54-44/h12,19-24,26,28-29,32-34,38,43,45,55H,6-11,13-18H2,1-5H3,(H,46,54)(H,50,52)(H4,47,48,49,51,53,56)/t19?,20-,21+,22?,23?,24?,26?,28?,29?,32?,33?,34?,38?,43?/m0/s1. The molecule has 0 radical (unpaired) electrons. The number of aliphatic hydroxyl groups is 1. The minimum atomic E-state index is -0.715. The molecule has 8 aliphatic heterocycles. The van der Waals surface area contributed by atoms with Crippen LogP contribution in [0.3, 0.4) is 0 Å². The van der Waals surface area contributed by atoms with Gasteiger partial charge in [0.05, 0.1) is 12.0 Å². The van der Waals surface area contributed by atoms with E-state index < -0.39 is 12.0 Å². The number of H-pyrrole nitrogens is 1. The van der Waals surface area contributed by atoms with Gasteiger partial charge in [0.25, 0.3) is 0 Å². The number of aromatic amines is 1. The lowest BCUT2D eigenvalue weighted by molar-refractivity contribution is -0.132. The Balaban J connectivity index is 0.814. The summed E-state index contributed by atoms with van der Waals surface area (Å²) in [6, 6.07) is 3.11. The average molecular weight is 779 g/mol. The van der Waals surface area contributed by atoms with Gasteiger partial charge in [-0.05, 0) is 106 Å². The third kappa shape index (κ3) is 6.46. The van der Waals surface area contributed by atoms with Crippen molar-refractivity contribution in [3.8, 4) is 0 Å². The molecule has 0 bridgehead atoms. The number of aliphatic hydroxyl groups excluding tert-OH is 1. The van der Waals surface area contributed by atoms with Crippen molar-refractivity contribution < 1.29 is 9.90 Å². The van der Waals surface area contributed by atoms with Crippen molar-refractivity contribution in [1.82, 2.24) is 25.9 Å². The molecule has 3 fully saturated rings. The molecule has 0 aliphatic carbocycles. The molecule has 0 amide bonds. The number of carbonyl (C=O) groups is 1. The molecule has 2 aromatic heterocycles. The Bertz CT molecular complexity index is 2060. The predicted molar refractivity (Wildman–Crippen MR) is 224 cm³/mol. The predicted octanol–water partition coefficient (Wildman–Crippen LogP) is 4.68. The van der Waals surface area contributed by atoms with Crippen LogP contribution in [0.5, 0.6) is 0 Å². The van der Waals surface area contributed by atoms with Crippen LogP contribution in [0, 0.1) is 53.3 Å². The molecule has 306 valence electrons. The van der Waals surface area contributed by atoms with Crippen LogP contribution in [0.4, 0.5) is 23.3 Å². The summed E-state index contributed by atoms with van der Waals surface area (Å²) < 4.78 is 0. The monoisotopic (exact) mass is 779 g/mol. The van der Waals surface area contributed by atoms with Crippen molar-refractivity contribution in [2.45, 2.75) is 129 Å². The zero-order chi connectivity index (χ0) is 39.3. The van der Waals surface area contributed by atoms with Gasteiger partial charge in [-0.15, -0.1) is 0 Å². The summed E-state index contributed by atoms with van der Waals surface area (Å²) in [5, 5.41) is 33.4. The summed E-state index contributed by atoms with van der Waals surface area (Å²) in [5.74, 6) is 6.71. The van der Waals surface area contributed by atoms with Gasteiger partial charge < -0.3 is 42.0 Å². The van der Waals surface area contributed by atoms with Crippen LogP contribution in [0.2, 0.25) is 0 Å². The van der Waals surface area contributed by atoms with Crippen LogP contribution < -0.4 is 37.3 Å². The van der Waals surface area contributed by atoms with Crippen LogP contribution in [0.1, 0.15) is 102 Å². The number of nitrogens with one attached hydrogen (secondary N) is 7. The normalized spacial score (nSPS) is 37.7.